The van der Waals surface area contributed by atoms with Crippen LogP contribution in [0.25, 0.3) is 0 Å². The van der Waals surface area contributed by atoms with Gasteiger partial charge in [-0.15, -0.1) is 11.3 Å². The Hall–Kier alpha value is 0.611. The van der Waals surface area contributed by atoms with Crippen LogP contribution in [0.4, 0.5) is 0 Å². The van der Waals surface area contributed by atoms with Crippen LogP contribution in [-0.4, -0.2) is 62.7 Å². The Morgan fingerprint density at radius 1 is 1.75 bits per heavy atom. The third kappa shape index (κ3) is 4.02. The summed E-state index contributed by atoms with van der Waals surface area (Å²) in [5.74, 6) is -0.618. The summed E-state index contributed by atoms with van der Waals surface area (Å²) in [4.78, 5) is 10.7. The standard InChI is InChI=1S/C7H8O3S.Sr.2H/c1-5(8)7(9)10-6-3-2-4-11-6;;;/h2-5,8H,1H3;;;. The molecule has 0 amide bonds. The summed E-state index contributed by atoms with van der Waals surface area (Å²) in [5.41, 5.74) is 0. The molecule has 1 aromatic rings. The topological polar surface area (TPSA) is 46.5 Å². The van der Waals surface area contributed by atoms with Gasteiger partial charge in [0.2, 0.25) is 0 Å². The second kappa shape index (κ2) is 6.12. The number of ether oxygens (including phenoxy) is 1. The van der Waals surface area contributed by atoms with E-state index in [9.17, 15) is 4.79 Å². The van der Waals surface area contributed by atoms with Crippen molar-refractivity contribution in [1.82, 2.24) is 0 Å². The Bertz CT molecular complexity index is 233. The number of carbonyl (C=O) groups is 1. The van der Waals surface area contributed by atoms with Gasteiger partial charge in [-0.25, -0.2) is 4.79 Å². The molecule has 1 rings (SSSR count). The van der Waals surface area contributed by atoms with Crippen LogP contribution in [0.5, 0.6) is 5.06 Å². The van der Waals surface area contributed by atoms with E-state index in [0.717, 1.165) is 0 Å². The molecule has 12 heavy (non-hydrogen) atoms. The molecule has 1 atom stereocenters. The molecule has 0 spiro atoms. The minimum absolute atomic E-state index is 0. The minimum atomic E-state index is -1.06. The van der Waals surface area contributed by atoms with Crippen LogP contribution in [0.2, 0.25) is 0 Å². The van der Waals surface area contributed by atoms with E-state index in [-0.39, 0.29) is 45.5 Å². The van der Waals surface area contributed by atoms with Crippen molar-refractivity contribution < 1.29 is 14.6 Å². The molecule has 0 fully saturated rings. The van der Waals surface area contributed by atoms with Gasteiger partial charge in [0.05, 0.1) is 0 Å². The van der Waals surface area contributed by atoms with E-state index >= 15 is 0 Å². The first-order chi connectivity index (χ1) is 5.20. The summed E-state index contributed by atoms with van der Waals surface area (Å²) in [6.45, 7) is 1.37. The average Bonchev–Trinajstić information content (AvgIpc) is 2.39. The van der Waals surface area contributed by atoms with Crippen LogP contribution in [-0.2, 0) is 4.79 Å². The predicted molar refractivity (Wildman–Crippen MR) is 50.2 cm³/mol. The Kier molecular flexibility index (Phi) is 6.43. The summed E-state index contributed by atoms with van der Waals surface area (Å²) in [6.07, 6.45) is -1.06. The van der Waals surface area contributed by atoms with Crippen LogP contribution in [0.1, 0.15) is 6.92 Å². The molecule has 5 heteroatoms. The van der Waals surface area contributed by atoms with Crippen molar-refractivity contribution in [2.75, 3.05) is 0 Å². The molecule has 3 nitrogen and oxygen atoms in total. The van der Waals surface area contributed by atoms with Gasteiger partial charge >= 0.3 is 51.5 Å². The van der Waals surface area contributed by atoms with Gasteiger partial charge in [-0.1, -0.05) is 0 Å². The molecule has 0 aliphatic heterocycles. The fraction of sp³-hybridized carbons (Fsp3) is 0.286. The van der Waals surface area contributed by atoms with Crippen LogP contribution in [0.3, 0.4) is 0 Å². The summed E-state index contributed by atoms with van der Waals surface area (Å²) in [5, 5.41) is 11.1. The maximum absolute atomic E-state index is 10.7. The van der Waals surface area contributed by atoms with Crippen molar-refractivity contribution in [3.05, 3.63) is 17.5 Å². The third-order valence-corrected chi connectivity index (χ3v) is 1.78. The number of esters is 1. The molecule has 1 N–H and O–H groups in total. The molecule has 64 valence electrons. The van der Waals surface area contributed by atoms with Crippen molar-refractivity contribution >= 4 is 62.8 Å². The van der Waals surface area contributed by atoms with E-state index in [1.165, 1.54) is 18.3 Å². The van der Waals surface area contributed by atoms with Gasteiger partial charge in [-0.05, 0) is 24.4 Å². The zero-order chi connectivity index (χ0) is 8.27. The molecule has 0 bridgehead atoms. The van der Waals surface area contributed by atoms with Crippen molar-refractivity contribution in [3.8, 4) is 5.06 Å². The number of hydrogen-bond donors (Lipinski definition) is 1. The first-order valence-corrected chi connectivity index (χ1v) is 4.01. The van der Waals surface area contributed by atoms with Crippen LogP contribution >= 0.6 is 11.3 Å². The Morgan fingerprint density at radius 2 is 2.42 bits per heavy atom. The SMILES string of the molecule is CC(O)C(=O)Oc1cccs1.[SrH2]. The summed E-state index contributed by atoms with van der Waals surface area (Å²) < 4.78 is 4.75. The Morgan fingerprint density at radius 3 is 2.83 bits per heavy atom. The number of carbonyl (C=O) groups excluding carboxylic acids is 1. The Labute approximate surface area is 112 Å². The molecular formula is C7H10O3SSr. The van der Waals surface area contributed by atoms with E-state index in [1.54, 1.807) is 17.5 Å². The molecule has 0 saturated heterocycles. The van der Waals surface area contributed by atoms with Crippen LogP contribution < -0.4 is 4.74 Å². The molecule has 0 saturated carbocycles. The van der Waals surface area contributed by atoms with Gasteiger partial charge in [0.15, 0.2) is 5.06 Å². The van der Waals surface area contributed by atoms with E-state index in [0.29, 0.717) is 5.06 Å². The average molecular weight is 262 g/mol. The zero-order valence-electron chi connectivity index (χ0n) is 5.98. The maximum atomic E-state index is 10.7. The van der Waals surface area contributed by atoms with Gasteiger partial charge in [-0.3, -0.25) is 0 Å². The number of rotatable bonds is 2. The zero-order valence-corrected chi connectivity index (χ0v) is 6.80. The fourth-order valence-electron chi connectivity index (χ4n) is 0.506. The van der Waals surface area contributed by atoms with Crippen molar-refractivity contribution in [2.24, 2.45) is 0 Å². The van der Waals surface area contributed by atoms with E-state index < -0.39 is 12.1 Å². The molecular weight excluding hydrogens is 252 g/mol. The number of aliphatic hydroxyl groups is 1. The number of hydrogen-bond acceptors (Lipinski definition) is 4. The molecule has 1 heterocycles. The molecule has 0 aromatic carbocycles. The molecule has 0 aliphatic rings. The quantitative estimate of drug-likeness (QED) is 0.608. The first kappa shape index (κ1) is 12.6. The fourth-order valence-corrected chi connectivity index (χ4v) is 1.08. The van der Waals surface area contributed by atoms with E-state index in [4.69, 9.17) is 9.84 Å². The van der Waals surface area contributed by atoms with Crippen molar-refractivity contribution in [3.63, 3.8) is 0 Å². The molecule has 0 aliphatic carbocycles. The second-order valence-electron chi connectivity index (χ2n) is 2.03. The predicted octanol–water partition coefficient (Wildman–Crippen LogP) is 0.118. The van der Waals surface area contributed by atoms with Crippen LogP contribution in [0.15, 0.2) is 17.5 Å². The van der Waals surface area contributed by atoms with Gasteiger partial charge in [0.25, 0.3) is 0 Å². The molecule has 1 aromatic heterocycles. The van der Waals surface area contributed by atoms with Gasteiger partial charge < -0.3 is 9.84 Å². The number of aliphatic hydroxyl groups excluding tert-OH is 1. The van der Waals surface area contributed by atoms with Crippen LogP contribution in [0, 0.1) is 0 Å². The van der Waals surface area contributed by atoms with E-state index in [1.807, 2.05) is 0 Å². The van der Waals surface area contributed by atoms with Crippen molar-refractivity contribution in [1.29, 1.82) is 0 Å². The summed E-state index contributed by atoms with van der Waals surface area (Å²) >= 11 is 1.31. The summed E-state index contributed by atoms with van der Waals surface area (Å²) in [7, 11) is 0. The summed E-state index contributed by atoms with van der Waals surface area (Å²) in [6, 6.07) is 3.44. The second-order valence-corrected chi connectivity index (χ2v) is 2.94. The first-order valence-electron chi connectivity index (χ1n) is 3.13. The third-order valence-electron chi connectivity index (χ3n) is 1.04. The monoisotopic (exact) mass is 262 g/mol. The van der Waals surface area contributed by atoms with Gasteiger partial charge in [0, 0.05) is 0 Å². The van der Waals surface area contributed by atoms with Gasteiger partial charge in [0.1, 0.15) is 6.10 Å². The normalized spacial score (nSPS) is 11.5. The molecule has 1 unspecified atom stereocenters. The van der Waals surface area contributed by atoms with E-state index in [2.05, 4.69) is 0 Å². The molecule has 0 radical (unpaired) electrons. The van der Waals surface area contributed by atoms with Gasteiger partial charge in [-0.2, -0.15) is 0 Å². The number of thiophene rings is 1. The van der Waals surface area contributed by atoms with Crippen molar-refractivity contribution in [2.45, 2.75) is 13.0 Å². The Balaban J connectivity index is 0.00000121.